The quantitative estimate of drug-likeness (QED) is 0.886. The fourth-order valence-corrected chi connectivity index (χ4v) is 2.35. The minimum absolute atomic E-state index is 0.221. The molecule has 2 aromatic heterocycles. The average molecular weight is 263 g/mol. The second kappa shape index (κ2) is 5.14. The predicted octanol–water partition coefficient (Wildman–Crippen LogP) is 2.47. The van der Waals surface area contributed by atoms with Crippen molar-refractivity contribution in [3.8, 4) is 0 Å². The minimum Gasteiger partial charge on any atom is -0.478 e. The number of rotatable bonds is 4. The largest absolute Gasteiger partial charge is 0.478 e. The Morgan fingerprint density at radius 1 is 1.44 bits per heavy atom. The molecule has 0 amide bonds. The molecule has 0 aliphatic heterocycles. The molecule has 5 nitrogen and oxygen atoms in total. The van der Waals surface area contributed by atoms with Crippen LogP contribution in [0.25, 0.3) is 0 Å². The second-order valence-corrected chi connectivity index (χ2v) is 5.18. The van der Waals surface area contributed by atoms with Crippen LogP contribution in [0.15, 0.2) is 18.5 Å². The van der Waals surface area contributed by atoms with Crippen LogP contribution in [0.4, 0.5) is 5.82 Å². The normalized spacial score (nSPS) is 10.3. The van der Waals surface area contributed by atoms with E-state index in [4.69, 9.17) is 5.11 Å². The van der Waals surface area contributed by atoms with Crippen LogP contribution in [0.5, 0.6) is 0 Å². The molecule has 0 radical (unpaired) electrons. The SMILES string of the molecule is Cc1ncc(CNc2nccc(C)c2C(=O)O)s1. The molecule has 2 rings (SSSR count). The fraction of sp³-hybridized carbons (Fsp3) is 0.250. The van der Waals surface area contributed by atoms with Gasteiger partial charge in [0.05, 0.1) is 11.6 Å². The highest BCUT2D eigenvalue weighted by Crippen LogP contribution is 2.19. The van der Waals surface area contributed by atoms with E-state index in [1.807, 2.05) is 6.92 Å². The Labute approximate surface area is 109 Å². The lowest BCUT2D eigenvalue weighted by Gasteiger charge is -2.09. The maximum atomic E-state index is 11.2. The van der Waals surface area contributed by atoms with Crippen LogP contribution in [-0.4, -0.2) is 21.0 Å². The molecular formula is C12H13N3O2S. The molecular weight excluding hydrogens is 250 g/mol. The monoisotopic (exact) mass is 263 g/mol. The van der Waals surface area contributed by atoms with E-state index in [-0.39, 0.29) is 5.56 Å². The number of pyridine rings is 1. The first-order valence-corrected chi connectivity index (χ1v) is 6.23. The van der Waals surface area contributed by atoms with E-state index >= 15 is 0 Å². The zero-order chi connectivity index (χ0) is 13.1. The van der Waals surface area contributed by atoms with Gasteiger partial charge in [0.1, 0.15) is 11.4 Å². The number of aromatic nitrogens is 2. The number of anilines is 1. The van der Waals surface area contributed by atoms with Gasteiger partial charge in [-0.05, 0) is 25.5 Å². The summed E-state index contributed by atoms with van der Waals surface area (Å²) >= 11 is 1.58. The Balaban J connectivity index is 2.19. The number of nitrogens with one attached hydrogen (secondary N) is 1. The fourth-order valence-electron chi connectivity index (χ4n) is 1.62. The van der Waals surface area contributed by atoms with Gasteiger partial charge in [-0.15, -0.1) is 11.3 Å². The molecule has 94 valence electrons. The van der Waals surface area contributed by atoms with Crippen LogP contribution in [0, 0.1) is 13.8 Å². The first kappa shape index (κ1) is 12.5. The van der Waals surface area contributed by atoms with E-state index in [1.54, 1.807) is 36.7 Å². The van der Waals surface area contributed by atoms with Crippen molar-refractivity contribution in [1.29, 1.82) is 0 Å². The van der Waals surface area contributed by atoms with Crippen molar-refractivity contribution in [2.24, 2.45) is 0 Å². The third kappa shape index (κ3) is 2.65. The van der Waals surface area contributed by atoms with Crippen LogP contribution in [0.3, 0.4) is 0 Å². The van der Waals surface area contributed by atoms with Gasteiger partial charge in [0.2, 0.25) is 0 Å². The Bertz CT molecular complexity index is 580. The summed E-state index contributed by atoms with van der Waals surface area (Å²) in [5.74, 6) is -0.572. The number of hydrogen-bond acceptors (Lipinski definition) is 5. The molecule has 0 unspecified atom stereocenters. The number of aryl methyl sites for hydroxylation is 2. The summed E-state index contributed by atoms with van der Waals surface area (Å²) in [4.78, 5) is 20.4. The van der Waals surface area contributed by atoms with Crippen molar-refractivity contribution in [2.75, 3.05) is 5.32 Å². The van der Waals surface area contributed by atoms with Crippen LogP contribution < -0.4 is 5.32 Å². The minimum atomic E-state index is -0.969. The van der Waals surface area contributed by atoms with Gasteiger partial charge in [0, 0.05) is 17.3 Å². The Morgan fingerprint density at radius 2 is 2.22 bits per heavy atom. The summed E-state index contributed by atoms with van der Waals surface area (Å²) in [6.45, 7) is 4.22. The number of aromatic carboxylic acids is 1. The Hall–Kier alpha value is -1.95. The van der Waals surface area contributed by atoms with Gasteiger partial charge < -0.3 is 10.4 Å². The highest BCUT2D eigenvalue weighted by Gasteiger charge is 2.14. The first-order valence-electron chi connectivity index (χ1n) is 5.42. The van der Waals surface area contributed by atoms with Crippen molar-refractivity contribution in [1.82, 2.24) is 9.97 Å². The summed E-state index contributed by atoms with van der Waals surface area (Å²) in [6, 6.07) is 1.69. The summed E-state index contributed by atoms with van der Waals surface area (Å²) in [5.41, 5.74) is 0.916. The summed E-state index contributed by atoms with van der Waals surface area (Å²) in [7, 11) is 0. The van der Waals surface area contributed by atoms with Gasteiger partial charge in [-0.2, -0.15) is 0 Å². The number of carboxylic acid groups (broad SMARTS) is 1. The molecule has 0 aromatic carbocycles. The molecule has 0 bridgehead atoms. The van der Waals surface area contributed by atoms with Gasteiger partial charge in [-0.25, -0.2) is 14.8 Å². The second-order valence-electron chi connectivity index (χ2n) is 3.86. The predicted molar refractivity (Wildman–Crippen MR) is 70.1 cm³/mol. The van der Waals surface area contributed by atoms with Crippen molar-refractivity contribution in [3.05, 3.63) is 39.5 Å². The summed E-state index contributed by atoms with van der Waals surface area (Å²) in [6.07, 6.45) is 3.38. The maximum Gasteiger partial charge on any atom is 0.339 e. The van der Waals surface area contributed by atoms with Crippen molar-refractivity contribution >= 4 is 23.1 Å². The van der Waals surface area contributed by atoms with E-state index in [0.717, 1.165) is 9.88 Å². The zero-order valence-electron chi connectivity index (χ0n) is 10.1. The van der Waals surface area contributed by atoms with Crippen molar-refractivity contribution in [3.63, 3.8) is 0 Å². The molecule has 18 heavy (non-hydrogen) atoms. The highest BCUT2D eigenvalue weighted by atomic mass is 32.1. The number of hydrogen-bond donors (Lipinski definition) is 2. The molecule has 0 saturated carbocycles. The van der Waals surface area contributed by atoms with Crippen LogP contribution in [0.1, 0.15) is 25.8 Å². The Kier molecular flexibility index (Phi) is 3.57. The van der Waals surface area contributed by atoms with Gasteiger partial charge in [-0.3, -0.25) is 0 Å². The molecule has 0 aliphatic rings. The third-order valence-electron chi connectivity index (χ3n) is 2.47. The first-order chi connectivity index (χ1) is 8.58. The zero-order valence-corrected chi connectivity index (χ0v) is 10.9. The van der Waals surface area contributed by atoms with Crippen LogP contribution in [-0.2, 0) is 6.54 Å². The van der Waals surface area contributed by atoms with Gasteiger partial charge in [-0.1, -0.05) is 0 Å². The van der Waals surface area contributed by atoms with E-state index in [1.165, 1.54) is 0 Å². The molecule has 0 fully saturated rings. The number of carboxylic acids is 1. The van der Waals surface area contributed by atoms with E-state index < -0.39 is 5.97 Å². The van der Waals surface area contributed by atoms with Crippen LogP contribution in [0.2, 0.25) is 0 Å². The molecule has 2 heterocycles. The number of carbonyl (C=O) groups is 1. The summed E-state index contributed by atoms with van der Waals surface area (Å²) in [5, 5.41) is 13.2. The number of thiazole rings is 1. The van der Waals surface area contributed by atoms with Gasteiger partial charge in [0.15, 0.2) is 0 Å². The standard InChI is InChI=1S/C12H13N3O2S/c1-7-3-4-13-11(10(7)12(16)17)15-6-9-5-14-8(2)18-9/h3-5H,6H2,1-2H3,(H,13,15)(H,16,17). The van der Waals surface area contributed by atoms with E-state index in [0.29, 0.717) is 17.9 Å². The average Bonchev–Trinajstić information content (AvgIpc) is 2.72. The molecule has 2 N–H and O–H groups in total. The molecule has 6 heteroatoms. The lowest BCUT2D eigenvalue weighted by atomic mass is 10.1. The summed E-state index contributed by atoms with van der Waals surface area (Å²) < 4.78 is 0. The molecule has 0 spiro atoms. The molecule has 0 atom stereocenters. The number of nitrogens with zero attached hydrogens (tertiary/aromatic N) is 2. The Morgan fingerprint density at radius 3 is 2.83 bits per heavy atom. The molecule has 0 aliphatic carbocycles. The molecule has 2 aromatic rings. The third-order valence-corrected chi connectivity index (χ3v) is 3.39. The van der Waals surface area contributed by atoms with Gasteiger partial charge in [0.25, 0.3) is 0 Å². The lowest BCUT2D eigenvalue weighted by Crippen LogP contribution is -2.09. The topological polar surface area (TPSA) is 75.1 Å². The highest BCUT2D eigenvalue weighted by molar-refractivity contribution is 7.11. The van der Waals surface area contributed by atoms with E-state index in [2.05, 4.69) is 15.3 Å². The smallest absolute Gasteiger partial charge is 0.339 e. The lowest BCUT2D eigenvalue weighted by molar-refractivity contribution is 0.0697. The van der Waals surface area contributed by atoms with E-state index in [9.17, 15) is 4.79 Å². The molecule has 0 saturated heterocycles. The van der Waals surface area contributed by atoms with Crippen molar-refractivity contribution < 1.29 is 9.90 Å². The van der Waals surface area contributed by atoms with Crippen LogP contribution >= 0.6 is 11.3 Å². The van der Waals surface area contributed by atoms with Gasteiger partial charge >= 0.3 is 5.97 Å². The maximum absolute atomic E-state index is 11.2. The van der Waals surface area contributed by atoms with Crippen molar-refractivity contribution in [2.45, 2.75) is 20.4 Å².